The molecule has 2 rings (SSSR count). The largest absolute Gasteiger partial charge is 2.00 e. The topological polar surface area (TPSA) is 91.7 Å². The van der Waals surface area contributed by atoms with Crippen LogP contribution in [-0.2, 0) is 37.3 Å². The van der Waals surface area contributed by atoms with Crippen LogP contribution in [0, 0.1) is 5.46 Å². The number of halogens is 2. The third-order valence-electron chi connectivity index (χ3n) is 2.32. The molecule has 0 atom stereocenters. The number of para-hydroxylation sites is 1. The van der Waals surface area contributed by atoms with Gasteiger partial charge in [-0.2, -0.15) is 0 Å². The van der Waals surface area contributed by atoms with Crippen molar-refractivity contribution in [1.29, 1.82) is 5.46 Å². The fraction of sp³-hybridized carbons (Fsp3) is 0.154. The molecule has 1 N–H and O–H groups in total. The van der Waals surface area contributed by atoms with Gasteiger partial charge < -0.3 is 35.2 Å². The summed E-state index contributed by atoms with van der Waals surface area (Å²) in [6, 6.07) is 12.8. The third-order valence-corrected chi connectivity index (χ3v) is 2.32. The number of nitrogens with zero attached hydrogens (tertiary/aromatic N) is 2. The molecule has 5 nitrogen and oxygen atoms in total. The minimum atomic E-state index is 0. The summed E-state index contributed by atoms with van der Waals surface area (Å²) in [6.45, 7) is 1.26. The van der Waals surface area contributed by atoms with Gasteiger partial charge in [0.2, 0.25) is 0 Å². The minimum Gasteiger partial charge on any atom is -1.00 e. The van der Waals surface area contributed by atoms with Crippen molar-refractivity contribution < 1.29 is 54.2 Å². The van der Waals surface area contributed by atoms with Crippen molar-refractivity contribution in [3.8, 4) is 5.75 Å². The number of pyridine rings is 1. The molecule has 0 bridgehead atoms. The number of rotatable bonds is 4. The summed E-state index contributed by atoms with van der Waals surface area (Å²) in [6.07, 6.45) is 1.76. The number of nitrogens with one attached hydrogen (secondary N) is 1. The average Bonchev–Trinajstić information content (AvgIpc) is 2.44. The van der Waals surface area contributed by atoms with E-state index in [2.05, 4.69) is 10.3 Å². The van der Waals surface area contributed by atoms with E-state index in [4.69, 9.17) is 10.2 Å². The summed E-state index contributed by atoms with van der Waals surface area (Å²) in [7, 11) is 0. The van der Waals surface area contributed by atoms with Crippen molar-refractivity contribution in [2.45, 2.75) is 13.1 Å². The number of hydrogen-bond acceptors (Lipinski definition) is 4. The van der Waals surface area contributed by atoms with Gasteiger partial charge in [0.1, 0.15) is 0 Å². The molecule has 8 heteroatoms. The van der Waals surface area contributed by atoms with Crippen LogP contribution in [0.15, 0.2) is 48.7 Å². The second kappa shape index (κ2) is 15.4. The third kappa shape index (κ3) is 9.54. The Bertz CT molecular complexity index is 501. The van der Waals surface area contributed by atoms with E-state index in [-0.39, 0.29) is 50.0 Å². The molecule has 1 aromatic carbocycles. The van der Waals surface area contributed by atoms with E-state index < -0.39 is 0 Å². The van der Waals surface area contributed by atoms with E-state index >= 15 is 0 Å². The Balaban J connectivity index is -0.000000621. The van der Waals surface area contributed by atoms with E-state index in [1.54, 1.807) is 18.3 Å². The molecular formula is C13H13Cl2N3O2Ru. The Morgan fingerprint density at radius 2 is 1.62 bits per heavy atom. The molecule has 0 fully saturated rings. The molecule has 0 spiro atoms. The molecule has 2 aromatic rings. The van der Waals surface area contributed by atoms with Crippen molar-refractivity contribution in [3.05, 3.63) is 59.9 Å². The van der Waals surface area contributed by atoms with Gasteiger partial charge in [0, 0.05) is 19.3 Å². The normalized spacial score (nSPS) is 7.90. The SMILES string of the molecule is N#[O+].[Cl-].[Cl-].[O-]c1ccccc1CNCc1ccccn1.[Ru+2]. The molecular weight excluding hydrogens is 402 g/mol. The summed E-state index contributed by atoms with van der Waals surface area (Å²) in [5, 5.41) is 14.6. The summed E-state index contributed by atoms with van der Waals surface area (Å²) < 4.78 is 7.25. The van der Waals surface area contributed by atoms with Gasteiger partial charge in [-0.05, 0) is 17.7 Å². The zero-order chi connectivity index (χ0) is 13.2. The number of aromatic nitrogens is 1. The predicted molar refractivity (Wildman–Crippen MR) is 63.1 cm³/mol. The first-order chi connectivity index (χ1) is 8.86. The fourth-order valence-corrected chi connectivity index (χ4v) is 1.48. The summed E-state index contributed by atoms with van der Waals surface area (Å²) in [4.78, 5) is 4.19. The van der Waals surface area contributed by atoms with Gasteiger partial charge in [0.05, 0.1) is 5.69 Å². The van der Waals surface area contributed by atoms with Gasteiger partial charge >= 0.3 is 29.7 Å². The van der Waals surface area contributed by atoms with Crippen molar-refractivity contribution in [1.82, 2.24) is 10.3 Å². The smallest absolute Gasteiger partial charge is 1.00 e. The van der Waals surface area contributed by atoms with Crippen LogP contribution >= 0.6 is 0 Å². The molecule has 114 valence electrons. The zero-order valence-corrected chi connectivity index (χ0v) is 14.1. The Labute approximate surface area is 148 Å². The maximum atomic E-state index is 11.4. The van der Waals surface area contributed by atoms with Gasteiger partial charge in [-0.1, -0.05) is 30.3 Å². The average molecular weight is 415 g/mol. The van der Waals surface area contributed by atoms with Crippen molar-refractivity contribution in [2.75, 3.05) is 0 Å². The first kappa shape index (κ1) is 25.0. The van der Waals surface area contributed by atoms with Crippen LogP contribution in [0.4, 0.5) is 0 Å². The van der Waals surface area contributed by atoms with Crippen molar-refractivity contribution >= 4 is 0 Å². The van der Waals surface area contributed by atoms with Crippen LogP contribution < -0.4 is 35.2 Å². The van der Waals surface area contributed by atoms with Gasteiger partial charge in [0.15, 0.2) is 0 Å². The molecule has 1 heterocycles. The molecule has 0 saturated carbocycles. The Kier molecular flexibility index (Phi) is 18.3. The molecule has 0 aliphatic heterocycles. The maximum absolute atomic E-state index is 11.4. The summed E-state index contributed by atoms with van der Waals surface area (Å²) in [5.74, 6) is 0.0796. The first-order valence-corrected chi connectivity index (χ1v) is 5.40. The summed E-state index contributed by atoms with van der Waals surface area (Å²) in [5.41, 5.74) is 7.52. The Hall–Kier alpha value is -0.997. The van der Waals surface area contributed by atoms with Crippen molar-refractivity contribution in [3.63, 3.8) is 0 Å². The number of hydrogen-bond donors (Lipinski definition) is 1. The second-order valence-electron chi connectivity index (χ2n) is 3.53. The van der Waals surface area contributed by atoms with Crippen LogP contribution in [0.3, 0.4) is 0 Å². The molecule has 0 radical (unpaired) electrons. The second-order valence-corrected chi connectivity index (χ2v) is 3.53. The number of benzene rings is 1. The van der Waals surface area contributed by atoms with Crippen LogP contribution in [0.5, 0.6) is 5.75 Å². The monoisotopic (exact) mass is 415 g/mol. The van der Waals surface area contributed by atoms with Crippen LogP contribution in [0.1, 0.15) is 11.3 Å². The van der Waals surface area contributed by atoms with E-state index in [0.29, 0.717) is 13.1 Å². The molecule has 0 saturated heterocycles. The van der Waals surface area contributed by atoms with Gasteiger partial charge in [0.25, 0.3) is 0 Å². The quantitative estimate of drug-likeness (QED) is 0.402. The van der Waals surface area contributed by atoms with E-state index in [1.807, 2.05) is 30.3 Å². The molecule has 0 amide bonds. The van der Waals surface area contributed by atoms with Gasteiger partial charge in [-0.25, -0.2) is 0 Å². The maximum Gasteiger partial charge on any atom is 2.00 e. The molecule has 1 aromatic heterocycles. The molecule has 21 heavy (non-hydrogen) atoms. The Morgan fingerprint density at radius 1 is 1.00 bits per heavy atom. The standard InChI is InChI=1S/C13H14N2O.2ClH.NO.Ru/c16-13-7-2-1-5-11(13)9-14-10-12-6-3-4-8-15-12;;;1-2;/h1-8,14,16H,9-10H2;2*1H;;/q;;;+1;+2/p-3. The molecule has 0 aliphatic rings. The minimum absolute atomic E-state index is 0. The van der Waals surface area contributed by atoms with E-state index in [0.717, 1.165) is 11.3 Å². The van der Waals surface area contributed by atoms with Gasteiger partial charge in [-0.3, -0.25) is 4.98 Å². The van der Waals surface area contributed by atoms with E-state index in [9.17, 15) is 5.11 Å². The zero-order valence-electron chi connectivity index (χ0n) is 10.9. The van der Waals surface area contributed by atoms with Crippen LogP contribution in [0.25, 0.3) is 0 Å². The fourth-order valence-electron chi connectivity index (χ4n) is 1.48. The van der Waals surface area contributed by atoms with Crippen LogP contribution in [0.2, 0.25) is 0 Å². The Morgan fingerprint density at radius 3 is 2.19 bits per heavy atom. The van der Waals surface area contributed by atoms with Crippen LogP contribution in [-0.4, -0.2) is 4.98 Å². The molecule has 0 unspecified atom stereocenters. The predicted octanol–water partition coefficient (Wildman–Crippen LogP) is -4.65. The summed E-state index contributed by atoms with van der Waals surface area (Å²) >= 11 is 0. The van der Waals surface area contributed by atoms with E-state index in [1.165, 1.54) is 0 Å². The van der Waals surface area contributed by atoms with Crippen molar-refractivity contribution in [2.24, 2.45) is 0 Å². The van der Waals surface area contributed by atoms with Gasteiger partial charge in [-0.15, -0.1) is 5.75 Å². The molecule has 0 aliphatic carbocycles. The first-order valence-electron chi connectivity index (χ1n) is 5.40.